The van der Waals surface area contributed by atoms with Gasteiger partial charge in [0.25, 0.3) is 0 Å². The van der Waals surface area contributed by atoms with Crippen LogP contribution in [0.3, 0.4) is 0 Å². The number of nitrogens with one attached hydrogen (secondary N) is 1. The lowest BCUT2D eigenvalue weighted by Gasteiger charge is -2.07. The van der Waals surface area contributed by atoms with Crippen LogP contribution in [0.25, 0.3) is 0 Å². The largest absolute Gasteiger partial charge is 0.399 e. The van der Waals surface area contributed by atoms with Gasteiger partial charge in [-0.05, 0) is 23.8 Å². The van der Waals surface area contributed by atoms with Crippen molar-refractivity contribution in [3.63, 3.8) is 0 Å². The van der Waals surface area contributed by atoms with Crippen molar-refractivity contribution < 1.29 is 9.00 Å². The molecule has 0 aromatic heterocycles. The van der Waals surface area contributed by atoms with E-state index >= 15 is 0 Å². The monoisotopic (exact) mass is 322 g/mol. The second-order valence-corrected chi connectivity index (χ2v) is 6.27. The van der Waals surface area contributed by atoms with Crippen molar-refractivity contribution in [1.82, 2.24) is 5.32 Å². The number of hydrogen-bond donors (Lipinski definition) is 2. The Bertz CT molecular complexity index is 662. The minimum absolute atomic E-state index is 0.143. The van der Waals surface area contributed by atoms with Crippen LogP contribution in [0.5, 0.6) is 0 Å². The SMILES string of the molecule is Nc1ccc(Cl)c(S(=O)CC(=O)NCc2ccccc2)c1. The first-order valence-electron chi connectivity index (χ1n) is 6.30. The molecule has 21 heavy (non-hydrogen) atoms. The molecule has 1 unspecified atom stereocenters. The van der Waals surface area contributed by atoms with Crippen LogP contribution in [0.4, 0.5) is 5.69 Å². The normalized spacial score (nSPS) is 11.9. The molecule has 3 N–H and O–H groups in total. The highest BCUT2D eigenvalue weighted by atomic mass is 35.5. The summed E-state index contributed by atoms with van der Waals surface area (Å²) >= 11 is 5.97. The van der Waals surface area contributed by atoms with Crippen LogP contribution in [0.15, 0.2) is 53.4 Å². The maximum atomic E-state index is 12.1. The molecule has 2 rings (SSSR count). The lowest BCUT2D eigenvalue weighted by atomic mass is 10.2. The predicted octanol–water partition coefficient (Wildman–Crippen LogP) is 2.35. The zero-order chi connectivity index (χ0) is 15.2. The summed E-state index contributed by atoms with van der Waals surface area (Å²) in [5, 5.41) is 3.07. The average Bonchev–Trinajstić information content (AvgIpc) is 2.48. The molecule has 110 valence electrons. The van der Waals surface area contributed by atoms with Crippen LogP contribution in [-0.4, -0.2) is 15.9 Å². The van der Waals surface area contributed by atoms with Crippen molar-refractivity contribution in [2.75, 3.05) is 11.5 Å². The molecule has 0 heterocycles. The average molecular weight is 323 g/mol. The van der Waals surface area contributed by atoms with Crippen molar-refractivity contribution in [2.45, 2.75) is 11.4 Å². The number of anilines is 1. The summed E-state index contributed by atoms with van der Waals surface area (Å²) in [6, 6.07) is 14.2. The van der Waals surface area contributed by atoms with Gasteiger partial charge in [-0.25, -0.2) is 0 Å². The molecule has 0 aliphatic carbocycles. The number of hydrogen-bond acceptors (Lipinski definition) is 3. The van der Waals surface area contributed by atoms with E-state index in [1.54, 1.807) is 12.1 Å². The summed E-state index contributed by atoms with van der Waals surface area (Å²) in [6.07, 6.45) is 0. The Balaban J connectivity index is 1.93. The van der Waals surface area contributed by atoms with Gasteiger partial charge in [0, 0.05) is 12.2 Å². The quantitative estimate of drug-likeness (QED) is 0.830. The molecule has 0 bridgehead atoms. The lowest BCUT2D eigenvalue weighted by molar-refractivity contribution is -0.118. The molecule has 0 spiro atoms. The van der Waals surface area contributed by atoms with Gasteiger partial charge in [-0.2, -0.15) is 0 Å². The molecule has 0 saturated heterocycles. The molecule has 2 aromatic carbocycles. The zero-order valence-electron chi connectivity index (χ0n) is 11.2. The number of nitrogens with two attached hydrogens (primary N) is 1. The van der Waals surface area contributed by atoms with Crippen molar-refractivity contribution in [1.29, 1.82) is 0 Å². The van der Waals surface area contributed by atoms with E-state index in [4.69, 9.17) is 17.3 Å². The molecule has 2 aromatic rings. The third-order valence-corrected chi connectivity index (χ3v) is 4.59. The summed E-state index contributed by atoms with van der Waals surface area (Å²) in [7, 11) is -1.52. The van der Waals surface area contributed by atoms with E-state index in [-0.39, 0.29) is 11.7 Å². The Morgan fingerprint density at radius 2 is 1.90 bits per heavy atom. The van der Waals surface area contributed by atoms with Gasteiger partial charge >= 0.3 is 0 Å². The highest BCUT2D eigenvalue weighted by Crippen LogP contribution is 2.22. The molecular formula is C15H15ClN2O2S. The van der Waals surface area contributed by atoms with Gasteiger partial charge in [0.15, 0.2) is 0 Å². The van der Waals surface area contributed by atoms with Crippen molar-refractivity contribution >= 4 is 34.0 Å². The first kappa shape index (κ1) is 15.5. The second kappa shape index (κ2) is 7.24. The van der Waals surface area contributed by atoms with Crippen LogP contribution in [0, 0.1) is 0 Å². The molecule has 0 saturated carbocycles. The Hall–Kier alpha value is -1.85. The molecule has 1 amide bonds. The maximum Gasteiger partial charge on any atom is 0.233 e. The highest BCUT2D eigenvalue weighted by molar-refractivity contribution is 7.85. The minimum atomic E-state index is -1.52. The van der Waals surface area contributed by atoms with E-state index < -0.39 is 10.8 Å². The second-order valence-electron chi connectivity index (χ2n) is 4.44. The fraction of sp³-hybridized carbons (Fsp3) is 0.133. The Kier molecular flexibility index (Phi) is 5.36. The summed E-state index contributed by atoms with van der Waals surface area (Å²) in [5.74, 6) is -0.439. The van der Waals surface area contributed by atoms with Crippen LogP contribution in [0.2, 0.25) is 5.02 Å². The number of benzene rings is 2. The van der Waals surface area contributed by atoms with Gasteiger partial charge in [-0.15, -0.1) is 0 Å². The van der Waals surface area contributed by atoms with Crippen LogP contribution < -0.4 is 11.1 Å². The summed E-state index contributed by atoms with van der Waals surface area (Å²) in [6.45, 7) is 0.404. The molecule has 0 radical (unpaired) electrons. The molecule has 0 aliphatic rings. The summed E-state index contributed by atoms with van der Waals surface area (Å²) < 4.78 is 12.1. The molecular weight excluding hydrogens is 308 g/mol. The third-order valence-electron chi connectivity index (χ3n) is 2.80. The fourth-order valence-electron chi connectivity index (χ4n) is 1.74. The Labute approximate surface area is 130 Å². The van der Waals surface area contributed by atoms with Crippen molar-refractivity contribution in [3.05, 3.63) is 59.1 Å². The zero-order valence-corrected chi connectivity index (χ0v) is 12.8. The summed E-state index contributed by atoms with van der Waals surface area (Å²) in [5.41, 5.74) is 7.09. The fourth-order valence-corrected chi connectivity index (χ4v) is 3.16. The topological polar surface area (TPSA) is 72.2 Å². The van der Waals surface area contributed by atoms with E-state index in [0.717, 1.165) is 5.56 Å². The maximum absolute atomic E-state index is 12.1. The number of halogens is 1. The minimum Gasteiger partial charge on any atom is -0.399 e. The van der Waals surface area contributed by atoms with Crippen molar-refractivity contribution in [2.24, 2.45) is 0 Å². The van der Waals surface area contributed by atoms with Crippen molar-refractivity contribution in [3.8, 4) is 0 Å². The molecule has 6 heteroatoms. The number of nitrogen functional groups attached to an aromatic ring is 1. The predicted molar refractivity (Wildman–Crippen MR) is 85.4 cm³/mol. The van der Waals surface area contributed by atoms with Gasteiger partial charge < -0.3 is 11.1 Å². The van der Waals surface area contributed by atoms with Crippen LogP contribution >= 0.6 is 11.6 Å². The number of amides is 1. The Morgan fingerprint density at radius 3 is 2.62 bits per heavy atom. The first-order chi connectivity index (χ1) is 10.1. The van der Waals surface area contributed by atoms with Gasteiger partial charge in [0.1, 0.15) is 5.75 Å². The standard InChI is InChI=1S/C15H15ClN2O2S/c16-13-7-6-12(17)8-14(13)21(20)10-15(19)18-9-11-4-2-1-3-5-11/h1-8H,9-10,17H2,(H,18,19). The molecule has 4 nitrogen and oxygen atoms in total. The van der Waals surface area contributed by atoms with E-state index in [1.807, 2.05) is 30.3 Å². The van der Waals surface area contributed by atoms with Gasteiger partial charge in [-0.1, -0.05) is 41.9 Å². The van der Waals surface area contributed by atoms with E-state index in [0.29, 0.717) is 22.2 Å². The molecule has 1 atom stereocenters. The molecule has 0 fully saturated rings. The molecule has 0 aliphatic heterocycles. The lowest BCUT2D eigenvalue weighted by Crippen LogP contribution is -2.27. The number of carbonyl (C=O) groups excluding carboxylic acids is 1. The van der Waals surface area contributed by atoms with Gasteiger partial charge in [0.05, 0.1) is 20.7 Å². The van der Waals surface area contributed by atoms with E-state index in [1.165, 1.54) is 6.07 Å². The first-order valence-corrected chi connectivity index (χ1v) is 8.00. The smallest absolute Gasteiger partial charge is 0.233 e. The third kappa shape index (κ3) is 4.58. The van der Waals surface area contributed by atoms with Crippen LogP contribution in [-0.2, 0) is 22.1 Å². The highest BCUT2D eigenvalue weighted by Gasteiger charge is 2.13. The van der Waals surface area contributed by atoms with Gasteiger partial charge in [-0.3, -0.25) is 9.00 Å². The number of rotatable bonds is 5. The van der Waals surface area contributed by atoms with Crippen LogP contribution in [0.1, 0.15) is 5.56 Å². The van der Waals surface area contributed by atoms with E-state index in [9.17, 15) is 9.00 Å². The Morgan fingerprint density at radius 1 is 1.19 bits per heavy atom. The number of carbonyl (C=O) groups is 1. The van der Waals surface area contributed by atoms with E-state index in [2.05, 4.69) is 5.32 Å². The summed E-state index contributed by atoms with van der Waals surface area (Å²) in [4.78, 5) is 12.2. The van der Waals surface area contributed by atoms with Gasteiger partial charge in [0.2, 0.25) is 5.91 Å².